The first kappa shape index (κ1) is 24.8. The predicted octanol–water partition coefficient (Wildman–Crippen LogP) is 7.54. The molecule has 4 heteroatoms. The lowest BCUT2D eigenvalue weighted by Gasteiger charge is -2.31. The summed E-state index contributed by atoms with van der Waals surface area (Å²) >= 11 is 0. The lowest BCUT2D eigenvalue weighted by Crippen LogP contribution is -2.44. The number of hydrogen-bond acceptors (Lipinski definition) is 3. The summed E-state index contributed by atoms with van der Waals surface area (Å²) in [4.78, 5) is 31.2. The van der Waals surface area contributed by atoms with Gasteiger partial charge < -0.3 is 9.64 Å². The van der Waals surface area contributed by atoms with Gasteiger partial charge in [-0.25, -0.2) is 0 Å². The molecule has 2 heterocycles. The molecule has 0 aromatic heterocycles. The Hall–Kier alpha value is -5.22. The number of ether oxygens (including phenoxy) is 1. The highest BCUT2D eigenvalue weighted by Gasteiger charge is 2.64. The molecule has 2 aliphatic rings. The molecule has 0 saturated heterocycles. The van der Waals surface area contributed by atoms with Gasteiger partial charge in [0.05, 0.1) is 23.7 Å². The molecule has 1 spiro atoms. The van der Waals surface area contributed by atoms with Crippen molar-refractivity contribution in [2.45, 2.75) is 18.1 Å². The first-order valence-electron chi connectivity index (χ1n) is 13.8. The van der Waals surface area contributed by atoms with E-state index >= 15 is 0 Å². The number of amides is 1. The molecule has 2 aliphatic heterocycles. The number of fused-ring (bicyclic) bond motifs is 2. The van der Waals surface area contributed by atoms with E-state index in [0.717, 1.165) is 27.9 Å². The molecule has 0 aliphatic carbocycles. The molecule has 1 amide bonds. The number of hydrogen-bond donors (Lipinski definition) is 0. The summed E-state index contributed by atoms with van der Waals surface area (Å²) in [6, 6.07) is 46.4. The van der Waals surface area contributed by atoms with Crippen LogP contribution in [0.4, 0.5) is 5.69 Å². The van der Waals surface area contributed by atoms with Gasteiger partial charge in [0.25, 0.3) is 5.91 Å². The third-order valence-corrected chi connectivity index (χ3v) is 7.99. The third kappa shape index (κ3) is 3.99. The van der Waals surface area contributed by atoms with Gasteiger partial charge in [0.2, 0.25) is 5.60 Å². The van der Waals surface area contributed by atoms with Crippen LogP contribution in [0.5, 0.6) is 0 Å². The number of Topliss-reactive ketones (excluding diaryl/α,β-unsaturated/α-hetero) is 1. The molecule has 4 nitrogen and oxygen atoms in total. The highest BCUT2D eigenvalue weighted by molar-refractivity contribution is 6.18. The Balaban J connectivity index is 1.49. The first-order valence-corrected chi connectivity index (χ1v) is 13.8. The van der Waals surface area contributed by atoms with Crippen LogP contribution in [0.25, 0.3) is 5.76 Å². The van der Waals surface area contributed by atoms with Gasteiger partial charge in [-0.15, -0.1) is 0 Å². The van der Waals surface area contributed by atoms with E-state index in [1.54, 1.807) is 4.90 Å². The smallest absolute Gasteiger partial charge is 0.277 e. The number of para-hydroxylation sites is 1. The van der Waals surface area contributed by atoms with Crippen molar-refractivity contribution in [3.63, 3.8) is 0 Å². The summed E-state index contributed by atoms with van der Waals surface area (Å²) in [5.41, 5.74) is 3.77. The summed E-state index contributed by atoms with van der Waals surface area (Å²) in [6.07, 6.45) is 0. The average molecular weight is 534 g/mol. The minimum Gasteiger partial charge on any atom is -0.470 e. The fraction of sp³-hybridized carbons (Fsp3) is 0.0811. The lowest BCUT2D eigenvalue weighted by molar-refractivity contribution is -0.135. The van der Waals surface area contributed by atoms with E-state index in [0.29, 0.717) is 23.4 Å². The van der Waals surface area contributed by atoms with Gasteiger partial charge in [0.15, 0.2) is 5.78 Å². The van der Waals surface area contributed by atoms with E-state index in [2.05, 4.69) is 0 Å². The number of benzene rings is 5. The van der Waals surface area contributed by atoms with Crippen LogP contribution in [0.15, 0.2) is 151 Å². The van der Waals surface area contributed by atoms with E-state index in [1.807, 2.05) is 146 Å². The summed E-state index contributed by atoms with van der Waals surface area (Å²) in [7, 11) is 0. The predicted molar refractivity (Wildman–Crippen MR) is 160 cm³/mol. The van der Waals surface area contributed by atoms with Crippen LogP contribution in [-0.4, -0.2) is 11.7 Å². The van der Waals surface area contributed by atoms with Crippen LogP contribution < -0.4 is 4.90 Å². The molecule has 2 unspecified atom stereocenters. The molecule has 0 saturated carbocycles. The van der Waals surface area contributed by atoms with Crippen molar-refractivity contribution in [3.8, 4) is 0 Å². The Morgan fingerprint density at radius 3 is 1.93 bits per heavy atom. The monoisotopic (exact) mass is 533 g/mol. The maximum atomic E-state index is 14.9. The number of rotatable bonds is 6. The summed E-state index contributed by atoms with van der Waals surface area (Å²) < 4.78 is 6.99. The van der Waals surface area contributed by atoms with Crippen molar-refractivity contribution in [2.75, 3.05) is 4.90 Å². The zero-order valence-electron chi connectivity index (χ0n) is 22.3. The van der Waals surface area contributed by atoms with Crippen molar-refractivity contribution in [1.29, 1.82) is 0 Å². The molecule has 0 N–H and O–H groups in total. The number of ketones is 1. The zero-order chi connectivity index (χ0) is 27.8. The fourth-order valence-electron chi connectivity index (χ4n) is 6.19. The summed E-state index contributed by atoms with van der Waals surface area (Å²) in [5.74, 6) is -0.554. The molecular weight excluding hydrogens is 506 g/mol. The lowest BCUT2D eigenvalue weighted by atomic mass is 9.73. The van der Waals surface area contributed by atoms with Gasteiger partial charge in [-0.2, -0.15) is 0 Å². The molecular formula is C37H27NO3. The SMILES string of the molecule is O=C(C1=C(c2ccccc2)OC2(C(=O)N(Cc3ccccc3)c3ccccc32)C1c1ccccc1)c1ccccc1. The van der Waals surface area contributed by atoms with E-state index in [9.17, 15) is 9.59 Å². The second kappa shape index (κ2) is 10.1. The van der Waals surface area contributed by atoms with Crippen molar-refractivity contribution >= 4 is 23.1 Å². The summed E-state index contributed by atoms with van der Waals surface area (Å²) in [6.45, 7) is 0.395. The van der Waals surface area contributed by atoms with Gasteiger partial charge in [0.1, 0.15) is 5.76 Å². The molecule has 5 aromatic rings. The largest absolute Gasteiger partial charge is 0.470 e. The van der Waals surface area contributed by atoms with Crippen LogP contribution in [0.3, 0.4) is 0 Å². The maximum absolute atomic E-state index is 14.9. The number of nitrogens with zero attached hydrogens (tertiary/aromatic N) is 1. The average Bonchev–Trinajstić information content (AvgIpc) is 3.52. The van der Waals surface area contributed by atoms with Gasteiger partial charge in [-0.3, -0.25) is 9.59 Å². The Bertz CT molecular complexity index is 1770. The molecule has 41 heavy (non-hydrogen) atoms. The highest BCUT2D eigenvalue weighted by atomic mass is 16.5. The first-order chi connectivity index (χ1) is 20.2. The van der Waals surface area contributed by atoms with E-state index in [1.165, 1.54) is 0 Å². The number of anilines is 1. The number of carbonyl (C=O) groups is 2. The topological polar surface area (TPSA) is 46.6 Å². The van der Waals surface area contributed by atoms with Crippen LogP contribution in [0.1, 0.15) is 38.5 Å². The quantitative estimate of drug-likeness (QED) is 0.212. The Morgan fingerprint density at radius 1 is 0.683 bits per heavy atom. The van der Waals surface area contributed by atoms with Gasteiger partial charge in [0, 0.05) is 16.7 Å². The van der Waals surface area contributed by atoms with E-state index in [-0.39, 0.29) is 11.7 Å². The Morgan fingerprint density at radius 2 is 1.24 bits per heavy atom. The molecule has 2 atom stereocenters. The standard InChI is InChI=1S/C37H27NO3/c39-34(28-19-9-3-10-20-28)32-33(27-17-7-2-8-18-27)37(41-35(32)29-21-11-4-12-22-29)30-23-13-14-24-31(30)38(36(37)40)25-26-15-5-1-6-16-26/h1-24,33H,25H2. The second-order valence-electron chi connectivity index (χ2n) is 10.4. The van der Waals surface area contributed by atoms with Gasteiger partial charge >= 0.3 is 0 Å². The van der Waals surface area contributed by atoms with Crippen molar-refractivity contribution in [1.82, 2.24) is 0 Å². The molecule has 7 rings (SSSR count). The third-order valence-electron chi connectivity index (χ3n) is 7.99. The van der Waals surface area contributed by atoms with E-state index in [4.69, 9.17) is 4.74 Å². The van der Waals surface area contributed by atoms with Gasteiger partial charge in [-0.05, 0) is 17.2 Å². The van der Waals surface area contributed by atoms with Crippen LogP contribution in [0.2, 0.25) is 0 Å². The minimum absolute atomic E-state index is 0.151. The van der Waals surface area contributed by atoms with Crippen molar-refractivity contribution in [2.24, 2.45) is 0 Å². The minimum atomic E-state index is -1.45. The molecule has 0 fully saturated rings. The molecule has 0 radical (unpaired) electrons. The molecule has 0 bridgehead atoms. The summed E-state index contributed by atoms with van der Waals surface area (Å²) in [5, 5.41) is 0. The Labute approximate surface area is 239 Å². The Kier molecular flexibility index (Phi) is 6.09. The molecule has 5 aromatic carbocycles. The number of carbonyl (C=O) groups excluding carboxylic acids is 2. The second-order valence-corrected chi connectivity index (χ2v) is 10.4. The maximum Gasteiger partial charge on any atom is 0.277 e. The zero-order valence-corrected chi connectivity index (χ0v) is 22.3. The molecule has 198 valence electrons. The van der Waals surface area contributed by atoms with Crippen LogP contribution >= 0.6 is 0 Å². The highest BCUT2D eigenvalue weighted by Crippen LogP contribution is 2.60. The van der Waals surface area contributed by atoms with E-state index < -0.39 is 11.5 Å². The van der Waals surface area contributed by atoms with Crippen molar-refractivity contribution < 1.29 is 14.3 Å². The van der Waals surface area contributed by atoms with Crippen LogP contribution in [-0.2, 0) is 21.7 Å². The normalized spacial score (nSPS) is 19.4. The van der Waals surface area contributed by atoms with Crippen molar-refractivity contribution in [3.05, 3.63) is 179 Å². The fourth-order valence-corrected chi connectivity index (χ4v) is 6.19. The van der Waals surface area contributed by atoms with Gasteiger partial charge in [-0.1, -0.05) is 140 Å². The van der Waals surface area contributed by atoms with Crippen LogP contribution in [0, 0.1) is 0 Å².